The molecule has 0 bridgehead atoms. The van der Waals surface area contributed by atoms with Crippen molar-refractivity contribution >= 4 is 26.7 Å². The predicted octanol–water partition coefficient (Wildman–Crippen LogP) is 3.18. The van der Waals surface area contributed by atoms with E-state index in [1.54, 1.807) is 35.7 Å². The van der Waals surface area contributed by atoms with E-state index in [0.29, 0.717) is 42.9 Å². The fourth-order valence-electron chi connectivity index (χ4n) is 5.03. The predicted molar refractivity (Wildman–Crippen MR) is 137 cm³/mol. The number of fused-ring (bicyclic) bond motifs is 1. The first kappa shape index (κ1) is 24.0. The van der Waals surface area contributed by atoms with Crippen LogP contribution in [-0.2, 0) is 16.4 Å². The van der Waals surface area contributed by atoms with Crippen molar-refractivity contribution in [3.63, 3.8) is 0 Å². The molecule has 3 heterocycles. The second-order valence-corrected chi connectivity index (χ2v) is 11.3. The highest BCUT2D eigenvalue weighted by molar-refractivity contribution is 7.89. The topological polar surface area (TPSA) is 78.9 Å². The van der Waals surface area contributed by atoms with Crippen molar-refractivity contribution in [1.82, 2.24) is 19.2 Å². The molecule has 5 rings (SSSR count). The highest BCUT2D eigenvalue weighted by Crippen LogP contribution is 2.30. The van der Waals surface area contributed by atoms with Gasteiger partial charge in [0.15, 0.2) is 0 Å². The summed E-state index contributed by atoms with van der Waals surface area (Å²) in [5.41, 5.74) is 0.988. The lowest BCUT2D eigenvalue weighted by atomic mass is 10.2. The summed E-state index contributed by atoms with van der Waals surface area (Å²) in [5, 5.41) is 1.11. The molecule has 0 spiro atoms. The zero-order valence-corrected chi connectivity index (χ0v) is 21.2. The van der Waals surface area contributed by atoms with Gasteiger partial charge in [0, 0.05) is 57.1 Å². The zero-order valence-electron chi connectivity index (χ0n) is 20.4. The SMILES string of the molecule is COc1ccc(S(=O)(=O)N2CCN(CCc3nc(N4CCCC4C)c4ccccc4n3)CC2)cc1. The maximum Gasteiger partial charge on any atom is 0.243 e. The first-order valence-corrected chi connectivity index (χ1v) is 13.8. The molecule has 0 amide bonds. The molecule has 0 saturated carbocycles. The quantitative estimate of drug-likeness (QED) is 0.498. The van der Waals surface area contributed by atoms with Gasteiger partial charge in [-0.25, -0.2) is 18.4 Å². The Hall–Kier alpha value is -2.75. The highest BCUT2D eigenvalue weighted by atomic mass is 32.2. The molecular formula is C26H33N5O3S. The molecule has 0 N–H and O–H groups in total. The van der Waals surface area contributed by atoms with E-state index in [1.807, 2.05) is 6.07 Å². The van der Waals surface area contributed by atoms with E-state index in [0.717, 1.165) is 42.1 Å². The number of sulfonamides is 1. The first-order chi connectivity index (χ1) is 17.0. The third-order valence-corrected chi connectivity index (χ3v) is 9.05. The average Bonchev–Trinajstić information content (AvgIpc) is 3.32. The maximum atomic E-state index is 13.0. The summed E-state index contributed by atoms with van der Waals surface area (Å²) in [6, 6.07) is 15.3. The highest BCUT2D eigenvalue weighted by Gasteiger charge is 2.29. The molecule has 1 aromatic heterocycles. The Labute approximate surface area is 207 Å². The van der Waals surface area contributed by atoms with Crippen molar-refractivity contribution in [2.75, 3.05) is 51.3 Å². The van der Waals surface area contributed by atoms with Crippen LogP contribution in [0, 0.1) is 0 Å². The number of aromatic nitrogens is 2. The number of rotatable bonds is 7. The third-order valence-electron chi connectivity index (χ3n) is 7.13. The number of ether oxygens (including phenoxy) is 1. The van der Waals surface area contributed by atoms with Crippen LogP contribution in [0.25, 0.3) is 10.9 Å². The molecule has 2 fully saturated rings. The summed E-state index contributed by atoms with van der Waals surface area (Å²) < 4.78 is 32.8. The van der Waals surface area contributed by atoms with Gasteiger partial charge in [-0.05, 0) is 56.2 Å². The fourth-order valence-corrected chi connectivity index (χ4v) is 6.46. The molecule has 35 heavy (non-hydrogen) atoms. The van der Waals surface area contributed by atoms with Gasteiger partial charge in [-0.15, -0.1) is 0 Å². The van der Waals surface area contributed by atoms with Crippen LogP contribution in [0.1, 0.15) is 25.6 Å². The van der Waals surface area contributed by atoms with Crippen molar-refractivity contribution in [2.24, 2.45) is 0 Å². The molecule has 3 aromatic rings. The molecule has 9 heteroatoms. The minimum atomic E-state index is -3.50. The third kappa shape index (κ3) is 4.98. The molecule has 2 aliphatic rings. The van der Waals surface area contributed by atoms with Gasteiger partial charge in [0.2, 0.25) is 10.0 Å². The van der Waals surface area contributed by atoms with E-state index >= 15 is 0 Å². The van der Waals surface area contributed by atoms with Crippen LogP contribution < -0.4 is 9.64 Å². The van der Waals surface area contributed by atoms with E-state index in [-0.39, 0.29) is 0 Å². The number of methoxy groups -OCH3 is 1. The van der Waals surface area contributed by atoms with Crippen LogP contribution in [0.2, 0.25) is 0 Å². The lowest BCUT2D eigenvalue weighted by molar-refractivity contribution is 0.189. The van der Waals surface area contributed by atoms with Gasteiger partial charge in [-0.1, -0.05) is 12.1 Å². The Balaban J connectivity index is 1.24. The van der Waals surface area contributed by atoms with Crippen LogP contribution in [0.4, 0.5) is 5.82 Å². The van der Waals surface area contributed by atoms with Gasteiger partial charge in [0.25, 0.3) is 0 Å². The summed E-state index contributed by atoms with van der Waals surface area (Å²) in [6.45, 7) is 6.45. The minimum Gasteiger partial charge on any atom is -0.497 e. The van der Waals surface area contributed by atoms with E-state index < -0.39 is 10.0 Å². The number of para-hydroxylation sites is 1. The van der Waals surface area contributed by atoms with Crippen LogP contribution in [0.5, 0.6) is 5.75 Å². The van der Waals surface area contributed by atoms with Gasteiger partial charge in [-0.2, -0.15) is 4.31 Å². The molecule has 2 saturated heterocycles. The molecule has 1 unspecified atom stereocenters. The lowest BCUT2D eigenvalue weighted by Crippen LogP contribution is -2.49. The monoisotopic (exact) mass is 495 g/mol. The van der Waals surface area contributed by atoms with Crippen LogP contribution in [0.15, 0.2) is 53.4 Å². The zero-order chi connectivity index (χ0) is 24.4. The van der Waals surface area contributed by atoms with Gasteiger partial charge in [-0.3, -0.25) is 0 Å². The Morgan fingerprint density at radius 1 is 0.971 bits per heavy atom. The van der Waals surface area contributed by atoms with Crippen LogP contribution in [0.3, 0.4) is 0 Å². The maximum absolute atomic E-state index is 13.0. The molecule has 0 radical (unpaired) electrons. The second kappa shape index (κ2) is 10.1. The Bertz CT molecular complexity index is 1270. The summed E-state index contributed by atoms with van der Waals surface area (Å²) in [4.78, 5) is 14.9. The van der Waals surface area contributed by atoms with Gasteiger partial charge < -0.3 is 14.5 Å². The van der Waals surface area contributed by atoms with Crippen LogP contribution in [-0.4, -0.2) is 80.0 Å². The van der Waals surface area contributed by atoms with E-state index in [4.69, 9.17) is 14.7 Å². The van der Waals surface area contributed by atoms with Crippen molar-refractivity contribution < 1.29 is 13.2 Å². The Kier molecular flexibility index (Phi) is 6.91. The Morgan fingerprint density at radius 3 is 2.40 bits per heavy atom. The molecule has 8 nitrogen and oxygen atoms in total. The van der Waals surface area contributed by atoms with Crippen molar-refractivity contribution in [3.8, 4) is 5.75 Å². The number of piperazine rings is 1. The average molecular weight is 496 g/mol. The van der Waals surface area contributed by atoms with Gasteiger partial charge in [0.1, 0.15) is 17.4 Å². The largest absolute Gasteiger partial charge is 0.497 e. The van der Waals surface area contributed by atoms with E-state index in [2.05, 4.69) is 34.9 Å². The summed E-state index contributed by atoms with van der Waals surface area (Å²) in [5.74, 6) is 2.55. The van der Waals surface area contributed by atoms with Crippen LogP contribution >= 0.6 is 0 Å². The summed E-state index contributed by atoms with van der Waals surface area (Å²) in [6.07, 6.45) is 3.13. The number of nitrogens with zero attached hydrogens (tertiary/aromatic N) is 5. The van der Waals surface area contributed by atoms with Gasteiger partial charge >= 0.3 is 0 Å². The van der Waals surface area contributed by atoms with Crippen molar-refractivity contribution in [3.05, 3.63) is 54.4 Å². The second-order valence-electron chi connectivity index (χ2n) is 9.34. The molecule has 186 valence electrons. The minimum absolute atomic E-state index is 0.306. The van der Waals surface area contributed by atoms with Gasteiger partial charge in [0.05, 0.1) is 17.5 Å². The Morgan fingerprint density at radius 2 is 1.71 bits per heavy atom. The molecule has 1 atom stereocenters. The summed E-state index contributed by atoms with van der Waals surface area (Å²) in [7, 11) is -1.93. The number of benzene rings is 2. The standard InChI is InChI=1S/C26H33N5O3S/c1-20-6-5-14-31(20)26-23-7-3-4-8-24(23)27-25(28-26)13-15-29-16-18-30(19-17-29)35(32,33)22-11-9-21(34-2)10-12-22/h3-4,7-12,20H,5-6,13-19H2,1-2H3. The molecule has 0 aliphatic carbocycles. The normalized spacial score (nSPS) is 19.9. The van der Waals surface area contributed by atoms with Crippen molar-refractivity contribution in [1.29, 1.82) is 0 Å². The number of hydrogen-bond acceptors (Lipinski definition) is 7. The van der Waals surface area contributed by atoms with Crippen molar-refractivity contribution in [2.45, 2.75) is 37.1 Å². The number of hydrogen-bond donors (Lipinski definition) is 0. The lowest BCUT2D eigenvalue weighted by Gasteiger charge is -2.34. The fraction of sp³-hybridized carbons (Fsp3) is 0.462. The summed E-state index contributed by atoms with van der Waals surface area (Å²) >= 11 is 0. The first-order valence-electron chi connectivity index (χ1n) is 12.3. The molecular weight excluding hydrogens is 462 g/mol. The smallest absolute Gasteiger partial charge is 0.243 e. The molecule has 2 aliphatic heterocycles. The number of anilines is 1. The van der Waals surface area contributed by atoms with E-state index in [1.165, 1.54) is 12.8 Å². The molecule has 2 aromatic carbocycles. The van der Waals surface area contributed by atoms with E-state index in [9.17, 15) is 8.42 Å².